The van der Waals surface area contributed by atoms with E-state index in [9.17, 15) is 53.1 Å². The average molecular weight is 1450 g/mol. The van der Waals surface area contributed by atoms with Gasteiger partial charge in [-0.05, 0) is 96.5 Å². The maximum atomic E-state index is 14.1. The summed E-state index contributed by atoms with van der Waals surface area (Å²) >= 11 is 0. The molecule has 0 spiro atoms. The van der Waals surface area contributed by atoms with E-state index >= 15 is 0 Å². The van der Waals surface area contributed by atoms with Gasteiger partial charge in [-0.15, -0.1) is 0 Å². The van der Waals surface area contributed by atoms with Crippen molar-refractivity contribution in [2.75, 3.05) is 131 Å². The van der Waals surface area contributed by atoms with Crippen LogP contribution in [0.15, 0.2) is 83.7 Å². The molecule has 0 saturated carbocycles. The highest BCUT2D eigenvalue weighted by atomic mass is 16.6. The molecule has 2 aliphatic carbocycles. The number of ether oxygens (including phenoxy) is 10. The highest BCUT2D eigenvalue weighted by Crippen LogP contribution is 2.46. The minimum atomic E-state index is -1.96. The first-order valence-corrected chi connectivity index (χ1v) is 36.2. The Morgan fingerprint density at radius 1 is 0.648 bits per heavy atom. The van der Waals surface area contributed by atoms with Gasteiger partial charge in [0.05, 0.1) is 135 Å². The van der Waals surface area contributed by atoms with Crippen LogP contribution in [0.3, 0.4) is 0 Å². The third-order valence-corrected chi connectivity index (χ3v) is 19.3. The molecule has 6 amide bonds. The monoisotopic (exact) mass is 1450 g/mol. The Labute approximate surface area is 608 Å². The minimum absolute atomic E-state index is 0.00581. The lowest BCUT2D eigenvalue weighted by atomic mass is 9.85. The highest BCUT2D eigenvalue weighted by molar-refractivity contribution is 6.13. The van der Waals surface area contributed by atoms with Gasteiger partial charge in [0.1, 0.15) is 31.1 Å². The van der Waals surface area contributed by atoms with Crippen molar-refractivity contribution in [1.29, 1.82) is 0 Å². The molecule has 3 aliphatic heterocycles. The van der Waals surface area contributed by atoms with E-state index in [4.69, 9.17) is 52.4 Å². The Kier molecular flexibility index (Phi) is 28.7. The number of benzene rings is 3. The molecule has 28 nitrogen and oxygen atoms in total. The number of fused-ring (bicyclic) bond motifs is 8. The Balaban J connectivity index is 0.604. The van der Waals surface area contributed by atoms with Crippen LogP contribution in [0.25, 0.3) is 33.4 Å². The van der Waals surface area contributed by atoms with Crippen molar-refractivity contribution in [1.82, 2.24) is 30.4 Å². The molecule has 3 aromatic carbocycles. The number of esters is 2. The standard InChI is InChI=1S/C77H95N7O21/c1-5-77(95)61-44-65-71-58(45-84(65)74(92)60(61)47-105-76(77)94)55-15-10-16-56-62(19-20-63(81-71)70(55)56)82-72(90)49(4)79-73(91)57(48(2)3)43-50(85)17-18-64(75(93)104-46-59-53-13-8-6-11-51(53)52-12-7-9-14-54(52)59)80-67(87)24-27-96-29-31-98-33-35-100-37-39-102-41-42-103-40-38-101-36-34-99-32-30-97-28-25-78-66(86)23-26-83-68(88)21-22-69(83)89/h6-9,11-14,19-22,44,48-49,57,59,64,95H,5,10,15-18,23-43,45-47H2,1-4H3,(H,78,86)(H,79,91)(H,80,87)(H,82,90)/t49-,57-,64-,77-/m0/s1. The fourth-order valence-corrected chi connectivity index (χ4v) is 13.6. The van der Waals surface area contributed by atoms with Crippen LogP contribution in [0.1, 0.15) is 118 Å². The summed E-state index contributed by atoms with van der Waals surface area (Å²) in [5.74, 6) is -5.84. The molecule has 5 aromatic rings. The second-order valence-corrected chi connectivity index (χ2v) is 26.6. The number of Topliss-reactive ketones (excluding diaryl/α,β-unsaturated/α-hetero) is 1. The number of imide groups is 1. The van der Waals surface area contributed by atoms with Gasteiger partial charge in [0, 0.05) is 85.0 Å². The molecule has 0 bridgehead atoms. The number of hydrogen-bond donors (Lipinski definition) is 5. The van der Waals surface area contributed by atoms with Crippen LogP contribution >= 0.6 is 0 Å². The Hall–Kier alpha value is -8.97. The van der Waals surface area contributed by atoms with Crippen LogP contribution in [-0.2, 0) is 122 Å². The Morgan fingerprint density at radius 2 is 1.22 bits per heavy atom. The van der Waals surface area contributed by atoms with Crippen LogP contribution in [0.5, 0.6) is 0 Å². The third kappa shape index (κ3) is 20.1. The number of nitrogens with zero attached hydrogens (tertiary/aromatic N) is 3. The smallest absolute Gasteiger partial charge is 0.343 e. The molecule has 2 aromatic heterocycles. The number of pyridine rings is 2. The summed E-state index contributed by atoms with van der Waals surface area (Å²) in [5.41, 5.74) is 7.33. The third-order valence-electron chi connectivity index (χ3n) is 19.3. The number of nitrogens with one attached hydrogen (secondary N) is 4. The van der Waals surface area contributed by atoms with E-state index in [2.05, 4.69) is 21.3 Å². The molecular formula is C77H95N7O21. The van der Waals surface area contributed by atoms with Crippen LogP contribution in [0.2, 0.25) is 0 Å². The van der Waals surface area contributed by atoms with Gasteiger partial charge in [-0.1, -0.05) is 69.3 Å². The first-order valence-electron chi connectivity index (χ1n) is 36.2. The SMILES string of the molecule is CC[C@@]1(O)C(=O)OCc2c1cc1n(c2=O)Cc2c-1nc1ccc(NC(=O)[C@H](C)NC(=O)[C@@H](CC(=O)CC[C@H](NC(=O)CCOCCOCCOCCOCCOCCOCCOCCOCCNC(=O)CCN3C(=O)C=CC3=O)C(=O)OCC3c4ccccc4-c4ccccc43)C(C)C)c3c1c2CCC3. The van der Waals surface area contributed by atoms with Gasteiger partial charge in [-0.25, -0.2) is 14.6 Å². The number of amides is 6. The molecule has 0 fully saturated rings. The first-order chi connectivity index (χ1) is 50.9. The molecule has 4 atom stereocenters. The van der Waals surface area contributed by atoms with Gasteiger partial charge in [0.15, 0.2) is 5.60 Å². The van der Waals surface area contributed by atoms with E-state index in [0.29, 0.717) is 128 Å². The zero-order valence-electron chi connectivity index (χ0n) is 60.1. The molecule has 10 rings (SSSR count). The fourth-order valence-electron chi connectivity index (χ4n) is 13.6. The summed E-state index contributed by atoms with van der Waals surface area (Å²) in [6, 6.07) is 18.9. The number of carbonyl (C=O) groups is 9. The van der Waals surface area contributed by atoms with Crippen molar-refractivity contribution in [3.63, 3.8) is 0 Å². The van der Waals surface area contributed by atoms with E-state index in [-0.39, 0.29) is 125 Å². The maximum absolute atomic E-state index is 14.1. The van der Waals surface area contributed by atoms with Crippen molar-refractivity contribution in [3.05, 3.63) is 128 Å². The molecular weight excluding hydrogens is 1360 g/mol. The maximum Gasteiger partial charge on any atom is 0.343 e. The predicted molar refractivity (Wildman–Crippen MR) is 381 cm³/mol. The van der Waals surface area contributed by atoms with Gasteiger partial charge in [-0.3, -0.25) is 43.3 Å². The zero-order valence-corrected chi connectivity index (χ0v) is 60.1. The van der Waals surface area contributed by atoms with Gasteiger partial charge < -0.3 is 78.3 Å². The molecule has 28 heteroatoms. The second-order valence-electron chi connectivity index (χ2n) is 26.6. The summed E-state index contributed by atoms with van der Waals surface area (Å²) in [5, 5.41) is 23.6. The summed E-state index contributed by atoms with van der Waals surface area (Å²) in [6.45, 7) is 12.3. The molecule has 5 aliphatic rings. The predicted octanol–water partition coefficient (Wildman–Crippen LogP) is 4.82. The summed E-state index contributed by atoms with van der Waals surface area (Å²) < 4.78 is 57.3. The molecule has 5 N–H and O–H groups in total. The van der Waals surface area contributed by atoms with Crippen LogP contribution in [0.4, 0.5) is 5.69 Å². The number of hydrogen-bond acceptors (Lipinski definition) is 22. The van der Waals surface area contributed by atoms with Gasteiger partial charge in [0.25, 0.3) is 17.4 Å². The second kappa shape index (κ2) is 38.3. The molecule has 564 valence electrons. The number of aliphatic hydroxyl groups is 1. The van der Waals surface area contributed by atoms with Crippen LogP contribution in [0, 0.1) is 11.8 Å². The molecule has 0 saturated heterocycles. The quantitative estimate of drug-likeness (QED) is 0.0194. The largest absolute Gasteiger partial charge is 0.463 e. The number of rotatable bonds is 45. The fraction of sp³-hybridized carbons (Fsp3) is 0.519. The topological polar surface area (TPSA) is 352 Å². The summed E-state index contributed by atoms with van der Waals surface area (Å²) in [4.78, 5) is 137. The number of cyclic esters (lactones) is 1. The molecule has 105 heavy (non-hydrogen) atoms. The van der Waals surface area contributed by atoms with Gasteiger partial charge >= 0.3 is 11.9 Å². The van der Waals surface area contributed by atoms with Gasteiger partial charge in [-0.2, -0.15) is 0 Å². The zero-order chi connectivity index (χ0) is 74.4. The van der Waals surface area contributed by atoms with Crippen molar-refractivity contribution in [3.8, 4) is 22.5 Å². The normalized spacial score (nSPS) is 16.3. The van der Waals surface area contributed by atoms with Crippen molar-refractivity contribution >= 4 is 69.8 Å². The van der Waals surface area contributed by atoms with E-state index in [1.807, 2.05) is 62.4 Å². The highest BCUT2D eigenvalue weighted by Gasteiger charge is 2.46. The number of carbonyl (C=O) groups excluding carboxylic acids is 9. The van der Waals surface area contributed by atoms with E-state index in [1.165, 1.54) is 12.2 Å². The Morgan fingerprint density at radius 3 is 1.81 bits per heavy atom. The molecule has 0 unspecified atom stereocenters. The lowest BCUT2D eigenvalue weighted by Crippen LogP contribution is -2.46. The van der Waals surface area contributed by atoms with Gasteiger partial charge in [0.2, 0.25) is 23.6 Å². The molecule has 5 heterocycles. The van der Waals surface area contributed by atoms with Crippen LogP contribution in [-0.4, -0.2) is 210 Å². The van der Waals surface area contributed by atoms with E-state index in [0.717, 1.165) is 55.7 Å². The summed E-state index contributed by atoms with van der Waals surface area (Å²) in [6.07, 6.45) is 3.92. The number of anilines is 1. The first kappa shape index (κ1) is 78.6. The number of ketones is 1. The lowest BCUT2D eigenvalue weighted by Gasteiger charge is -2.31. The van der Waals surface area contributed by atoms with Crippen LogP contribution < -0.4 is 26.8 Å². The summed E-state index contributed by atoms with van der Waals surface area (Å²) in [7, 11) is 0. The number of aryl methyl sites for hydroxylation is 2. The minimum Gasteiger partial charge on any atom is -0.463 e. The van der Waals surface area contributed by atoms with E-state index in [1.54, 1.807) is 36.6 Å². The van der Waals surface area contributed by atoms with Crippen molar-refractivity contribution < 1.29 is 95.6 Å². The van der Waals surface area contributed by atoms with E-state index < -0.39 is 65.1 Å². The van der Waals surface area contributed by atoms with Crippen molar-refractivity contribution in [2.24, 2.45) is 11.8 Å². The molecule has 0 radical (unpaired) electrons. The number of aromatic nitrogens is 2. The Bertz CT molecular complexity index is 4000. The van der Waals surface area contributed by atoms with Crippen molar-refractivity contribution in [2.45, 2.75) is 122 Å². The average Bonchev–Trinajstić information content (AvgIpc) is 1.61. The lowest BCUT2D eigenvalue weighted by molar-refractivity contribution is -0.172.